The van der Waals surface area contributed by atoms with Gasteiger partial charge in [-0.15, -0.1) is 0 Å². The Balaban J connectivity index is 1.25. The van der Waals surface area contributed by atoms with E-state index in [1.54, 1.807) is 4.57 Å². The van der Waals surface area contributed by atoms with Crippen molar-refractivity contribution in [1.82, 2.24) is 24.8 Å². The van der Waals surface area contributed by atoms with Crippen LogP contribution < -0.4 is 10.6 Å². The predicted molar refractivity (Wildman–Crippen MR) is 136 cm³/mol. The number of aliphatic hydroxyl groups is 5. The van der Waals surface area contributed by atoms with E-state index < -0.39 is 55.3 Å². The van der Waals surface area contributed by atoms with E-state index >= 15 is 0 Å². The number of carbonyl (C=O) groups excluding carboxylic acids is 1. The summed E-state index contributed by atoms with van der Waals surface area (Å²) in [5, 5.41) is 56.5. The van der Waals surface area contributed by atoms with E-state index in [-0.39, 0.29) is 18.0 Å². The van der Waals surface area contributed by atoms with Crippen LogP contribution in [-0.4, -0.2) is 100 Å². The molecule has 13 heteroatoms. The van der Waals surface area contributed by atoms with Gasteiger partial charge in [0.2, 0.25) is 5.91 Å². The molecule has 7 atom stereocenters. The third-order valence-electron chi connectivity index (χ3n) is 7.71. The van der Waals surface area contributed by atoms with Crippen molar-refractivity contribution in [2.45, 2.75) is 68.1 Å². The molecule has 2 aliphatic carbocycles. The third kappa shape index (κ3) is 4.67. The standard InChI is InChI=1S/C26H30N6O7/c33-9-18-22(37)19(31-25(38)14-7-16(34)21(36)17(35)8-14)26(39-18)32-11-29-20-23(27-10-28-24(20)32)30-15-5-12-3-1-2-4-13(12)6-15/h1-4,7,10-11,15-19,21-22,26,33-37H,5-6,8-9H2,(H,31,38)(H,27,28,30)/t16?,17?,18-,19-,21?,22-,26-/m1/s1. The van der Waals surface area contributed by atoms with Crippen LogP contribution in [-0.2, 0) is 22.4 Å². The number of aromatic nitrogens is 4. The Bertz CT molecular complexity index is 1390. The fourth-order valence-corrected chi connectivity index (χ4v) is 5.65. The van der Waals surface area contributed by atoms with E-state index in [4.69, 9.17) is 4.74 Å². The molecule has 1 aliphatic heterocycles. The van der Waals surface area contributed by atoms with Crippen molar-refractivity contribution >= 4 is 22.9 Å². The highest BCUT2D eigenvalue weighted by Gasteiger charge is 2.46. The van der Waals surface area contributed by atoms with Gasteiger partial charge in [0.05, 0.1) is 19.0 Å². The van der Waals surface area contributed by atoms with Crippen molar-refractivity contribution in [3.63, 3.8) is 0 Å². The average Bonchev–Trinajstić information content (AvgIpc) is 3.62. The molecule has 0 radical (unpaired) electrons. The molecule has 0 saturated carbocycles. The monoisotopic (exact) mass is 538 g/mol. The summed E-state index contributed by atoms with van der Waals surface area (Å²) in [5.74, 6) is -0.110. The summed E-state index contributed by atoms with van der Waals surface area (Å²) in [5.41, 5.74) is 3.52. The van der Waals surface area contributed by atoms with E-state index in [0.717, 1.165) is 12.8 Å². The average molecular weight is 539 g/mol. The van der Waals surface area contributed by atoms with Gasteiger partial charge < -0.3 is 40.9 Å². The number of fused-ring (bicyclic) bond motifs is 2. The lowest BCUT2D eigenvalue weighted by Crippen LogP contribution is -2.49. The largest absolute Gasteiger partial charge is 0.394 e. The Hall–Kier alpha value is -3.46. The Kier molecular flexibility index (Phi) is 6.79. The lowest BCUT2D eigenvalue weighted by molar-refractivity contribution is -0.121. The van der Waals surface area contributed by atoms with Crippen molar-refractivity contribution in [2.75, 3.05) is 11.9 Å². The number of nitrogens with one attached hydrogen (secondary N) is 2. The number of anilines is 1. The predicted octanol–water partition coefficient (Wildman–Crippen LogP) is -1.45. The van der Waals surface area contributed by atoms with Crippen LogP contribution in [0.2, 0.25) is 0 Å². The SMILES string of the molecule is O=C(N[C@@H]1[C@H](O)[C@@H](CO)O[C@H]1n1cnc2c(NC3Cc4ccccc4C3)ncnc21)C1=CC(O)C(O)C(O)C1. The molecule has 1 fully saturated rings. The Labute approximate surface area is 222 Å². The first-order valence-electron chi connectivity index (χ1n) is 12.8. The maximum absolute atomic E-state index is 13.0. The minimum Gasteiger partial charge on any atom is -0.394 e. The fraction of sp³-hybridized carbons (Fsp3) is 0.462. The van der Waals surface area contributed by atoms with Crippen molar-refractivity contribution in [3.05, 3.63) is 59.7 Å². The van der Waals surface area contributed by atoms with Gasteiger partial charge in [-0.1, -0.05) is 24.3 Å². The van der Waals surface area contributed by atoms with Gasteiger partial charge in [-0.2, -0.15) is 0 Å². The summed E-state index contributed by atoms with van der Waals surface area (Å²) in [4.78, 5) is 26.3. The topological polar surface area (TPSA) is 195 Å². The summed E-state index contributed by atoms with van der Waals surface area (Å²) < 4.78 is 7.49. The summed E-state index contributed by atoms with van der Waals surface area (Å²) in [6, 6.07) is 7.38. The number of carbonyl (C=O) groups is 1. The van der Waals surface area contributed by atoms with E-state index in [1.165, 1.54) is 29.9 Å². The van der Waals surface area contributed by atoms with Gasteiger partial charge in [-0.05, 0) is 30.0 Å². The fourth-order valence-electron chi connectivity index (χ4n) is 5.65. The van der Waals surface area contributed by atoms with E-state index in [1.807, 2.05) is 12.1 Å². The molecule has 3 aliphatic rings. The van der Waals surface area contributed by atoms with Crippen LogP contribution in [0.5, 0.6) is 0 Å². The number of nitrogens with zero attached hydrogens (tertiary/aromatic N) is 4. The van der Waals surface area contributed by atoms with Gasteiger partial charge in [0, 0.05) is 18.0 Å². The first kappa shape index (κ1) is 25.8. The highest BCUT2D eigenvalue weighted by molar-refractivity contribution is 5.94. The van der Waals surface area contributed by atoms with Crippen LogP contribution in [0, 0.1) is 0 Å². The lowest BCUT2D eigenvalue weighted by Gasteiger charge is -2.29. The van der Waals surface area contributed by atoms with E-state index in [9.17, 15) is 30.3 Å². The Morgan fingerprint density at radius 2 is 1.77 bits per heavy atom. The second kappa shape index (κ2) is 10.3. The minimum atomic E-state index is -1.41. The second-order valence-electron chi connectivity index (χ2n) is 10.2. The molecular weight excluding hydrogens is 508 g/mol. The third-order valence-corrected chi connectivity index (χ3v) is 7.71. The van der Waals surface area contributed by atoms with Gasteiger partial charge in [0.15, 0.2) is 23.2 Å². The summed E-state index contributed by atoms with van der Waals surface area (Å²) in [6.07, 6.45) is -1.79. The van der Waals surface area contributed by atoms with Gasteiger partial charge in [-0.25, -0.2) is 15.0 Å². The molecule has 7 N–H and O–H groups in total. The Morgan fingerprint density at radius 1 is 1.03 bits per heavy atom. The van der Waals surface area contributed by atoms with Gasteiger partial charge in [-0.3, -0.25) is 9.36 Å². The second-order valence-corrected chi connectivity index (χ2v) is 10.2. The van der Waals surface area contributed by atoms with Crippen molar-refractivity contribution in [3.8, 4) is 0 Å². The number of hydrogen-bond acceptors (Lipinski definition) is 11. The van der Waals surface area contributed by atoms with E-state index in [0.29, 0.717) is 17.0 Å². The molecule has 13 nitrogen and oxygen atoms in total. The lowest BCUT2D eigenvalue weighted by atomic mass is 9.91. The Morgan fingerprint density at radius 3 is 2.46 bits per heavy atom. The van der Waals surface area contributed by atoms with Crippen molar-refractivity contribution < 1.29 is 35.1 Å². The molecule has 1 aromatic carbocycles. The molecule has 6 rings (SSSR count). The number of amides is 1. The number of hydrogen-bond donors (Lipinski definition) is 7. The maximum atomic E-state index is 13.0. The summed E-state index contributed by atoms with van der Waals surface area (Å²) in [6.45, 7) is -0.493. The zero-order valence-electron chi connectivity index (χ0n) is 20.8. The summed E-state index contributed by atoms with van der Waals surface area (Å²) in [7, 11) is 0. The normalized spacial score (nSPS) is 30.8. The molecule has 2 aromatic heterocycles. The smallest absolute Gasteiger partial charge is 0.247 e. The molecule has 39 heavy (non-hydrogen) atoms. The number of aliphatic hydroxyl groups excluding tert-OH is 5. The first-order chi connectivity index (χ1) is 18.8. The maximum Gasteiger partial charge on any atom is 0.247 e. The van der Waals surface area contributed by atoms with Crippen LogP contribution in [0.25, 0.3) is 11.2 Å². The van der Waals surface area contributed by atoms with Crippen LogP contribution in [0.15, 0.2) is 48.6 Å². The molecule has 3 heterocycles. The zero-order valence-corrected chi connectivity index (χ0v) is 20.8. The highest BCUT2D eigenvalue weighted by atomic mass is 16.5. The molecule has 1 amide bonds. The first-order valence-corrected chi connectivity index (χ1v) is 12.8. The van der Waals surface area contributed by atoms with E-state index in [2.05, 4.69) is 37.7 Å². The molecule has 3 unspecified atom stereocenters. The molecular formula is C26H30N6O7. The van der Waals surface area contributed by atoms with Gasteiger partial charge in [0.25, 0.3) is 0 Å². The molecule has 0 bridgehead atoms. The minimum absolute atomic E-state index is 0.0561. The molecule has 1 saturated heterocycles. The number of benzene rings is 1. The van der Waals surface area contributed by atoms with Crippen molar-refractivity contribution in [2.24, 2.45) is 0 Å². The van der Waals surface area contributed by atoms with Crippen LogP contribution in [0.3, 0.4) is 0 Å². The molecule has 206 valence electrons. The van der Waals surface area contributed by atoms with Gasteiger partial charge in [0.1, 0.15) is 36.8 Å². The van der Waals surface area contributed by atoms with Gasteiger partial charge >= 0.3 is 0 Å². The number of ether oxygens (including phenoxy) is 1. The zero-order chi connectivity index (χ0) is 27.3. The molecule has 3 aromatic rings. The highest BCUT2D eigenvalue weighted by Crippen LogP contribution is 2.33. The van der Waals surface area contributed by atoms with Crippen LogP contribution >= 0.6 is 0 Å². The van der Waals surface area contributed by atoms with Crippen LogP contribution in [0.4, 0.5) is 5.82 Å². The van der Waals surface area contributed by atoms with Crippen molar-refractivity contribution in [1.29, 1.82) is 0 Å². The number of imidazole rings is 1. The number of rotatable bonds is 6. The van der Waals surface area contributed by atoms with Crippen LogP contribution in [0.1, 0.15) is 23.8 Å². The molecule has 0 spiro atoms. The summed E-state index contributed by atoms with van der Waals surface area (Å²) >= 11 is 0. The quantitative estimate of drug-likeness (QED) is 0.194.